The Bertz CT molecular complexity index is 11.6. The molecule has 0 aliphatic rings. The smallest absolute Gasteiger partial charge is 0.0483 e. The Morgan fingerprint density at radius 3 is 1.75 bits per heavy atom. The van der Waals surface area contributed by atoms with Crippen LogP contribution in [-0.4, -0.2) is 11.2 Å². The van der Waals surface area contributed by atoms with Gasteiger partial charge in [0, 0.05) is 7.53 Å². The highest BCUT2D eigenvalue weighted by Gasteiger charge is 1.69. The molecule has 0 atom stereocenters. The Labute approximate surface area is 27.7 Å². The third kappa shape index (κ3) is 1130. The van der Waals surface area contributed by atoms with Crippen LogP contribution in [0.4, 0.5) is 0 Å². The monoisotopic (exact) mass is 62.1 g/mol. The molecule has 0 aliphatic heterocycles. The molecule has 0 radical (unpaired) electrons. The minimum atomic E-state index is -0.167. The van der Waals surface area contributed by atoms with E-state index < -0.39 is 0 Å². The zero-order chi connectivity index (χ0) is 3.58. The summed E-state index contributed by atoms with van der Waals surface area (Å²) >= 11 is 0. The highest BCUT2D eigenvalue weighted by molar-refractivity contribution is 4.20. The molecule has 0 bridgehead atoms. The molecule has 1 N–H and O–H groups in total. The highest BCUT2D eigenvalue weighted by Crippen LogP contribution is 1.65. The van der Waals surface area contributed by atoms with Crippen LogP contribution in [-0.2, 0) is 0 Å². The second-order valence-corrected chi connectivity index (χ2v) is 1.09. The maximum Gasteiger partial charge on any atom is 0.0483 e. The summed E-state index contributed by atoms with van der Waals surface area (Å²) in [5.41, 5.74) is 0. The molecule has 0 saturated carbocycles. The van der Waals surface area contributed by atoms with E-state index in [9.17, 15) is 0 Å². The predicted molar refractivity (Wildman–Crippen MR) is 19.5 cm³/mol. The Hall–Kier alpha value is -0.0400. The molecule has 0 saturated heterocycles. The van der Waals surface area contributed by atoms with Crippen LogP contribution in [0.3, 0.4) is 0 Å². The summed E-state index contributed by atoms with van der Waals surface area (Å²) in [7, 11) is 0. The molecule has 0 rings (SSSR count). The Kier molecular flexibility index (Phi) is 1.28. The van der Waals surface area contributed by atoms with Crippen LogP contribution in [0.15, 0.2) is 0 Å². The molecule has 0 aliphatic carbocycles. The quantitative estimate of drug-likeness (QED) is 0.436. The van der Waals surface area contributed by atoms with Crippen molar-refractivity contribution in [3.63, 3.8) is 0 Å². The van der Waals surface area contributed by atoms with Crippen molar-refractivity contribution in [3.05, 3.63) is 0 Å². The lowest BCUT2D eigenvalue weighted by molar-refractivity contribution is 0.216. The lowest BCUT2D eigenvalue weighted by Crippen LogP contribution is -1.85. The van der Waals surface area contributed by atoms with Crippen LogP contribution in [0.1, 0.15) is 15.3 Å². The minimum Gasteiger partial charge on any atom is -0.394 e. The summed E-state index contributed by atoms with van der Waals surface area (Å²) in [5, 5.41) is 8.06. The maximum atomic E-state index is 8.06. The van der Waals surface area contributed by atoms with Gasteiger partial charge in [-0.3, -0.25) is 0 Å². The van der Waals surface area contributed by atoms with Gasteiger partial charge < -0.3 is 5.11 Å². The molecular formula is C3H10O. The van der Waals surface area contributed by atoms with E-state index in [2.05, 4.69) is 0 Å². The van der Waals surface area contributed by atoms with Gasteiger partial charge in [0.25, 0.3) is 0 Å². The Balaban J connectivity index is 0. The number of hydrogen-bond acceptors (Lipinski definition) is 1. The Morgan fingerprint density at radius 1 is 1.75 bits per heavy atom. The van der Waals surface area contributed by atoms with Gasteiger partial charge in [-0.25, -0.2) is 0 Å². The average Bonchev–Trinajstić information content (AvgIpc) is 0.811. The lowest BCUT2D eigenvalue weighted by atomic mass is 10.5. The van der Waals surface area contributed by atoms with E-state index in [-0.39, 0.29) is 7.53 Å². The van der Waals surface area contributed by atoms with Crippen LogP contribution in [0.5, 0.6) is 0 Å². The molecule has 0 heterocycles. The van der Waals surface area contributed by atoms with Crippen LogP contribution >= 0.6 is 0 Å². The fourth-order valence-corrected chi connectivity index (χ4v) is 0. The number of aliphatic hydroxyl groups is 1. The van der Waals surface area contributed by atoms with Crippen molar-refractivity contribution in [2.75, 3.05) is 0 Å². The van der Waals surface area contributed by atoms with Crippen molar-refractivity contribution >= 4 is 0 Å². The first kappa shape index (κ1) is 3.96. The lowest BCUT2D eigenvalue weighted by Gasteiger charge is -1.80. The summed E-state index contributed by atoms with van der Waals surface area (Å²) in [5.74, 6) is 0. The molecule has 0 aromatic rings. The molecule has 0 fully saturated rings. The van der Waals surface area contributed by atoms with Crippen molar-refractivity contribution in [2.45, 2.75) is 20.0 Å². The molecular weight excluding hydrogens is 52.0 g/mol. The van der Waals surface area contributed by atoms with Gasteiger partial charge in [-0.05, 0) is 13.8 Å². The number of rotatable bonds is 0. The van der Waals surface area contributed by atoms with E-state index in [1.165, 1.54) is 0 Å². The van der Waals surface area contributed by atoms with Crippen LogP contribution in [0, 0.1) is 0 Å². The van der Waals surface area contributed by atoms with Gasteiger partial charge in [-0.15, -0.1) is 0 Å². The van der Waals surface area contributed by atoms with E-state index >= 15 is 0 Å². The summed E-state index contributed by atoms with van der Waals surface area (Å²) in [6, 6.07) is 0. The van der Waals surface area contributed by atoms with Crippen LogP contribution < -0.4 is 0 Å². The molecule has 0 aromatic heterocycles. The summed E-state index contributed by atoms with van der Waals surface area (Å²) in [6.07, 6.45) is -0.167. The average molecular weight is 62.1 g/mol. The second-order valence-electron chi connectivity index (χ2n) is 1.09. The molecule has 0 spiro atoms. The Morgan fingerprint density at radius 2 is 1.75 bits per heavy atom. The molecule has 1 nitrogen and oxygen atoms in total. The normalized spacial score (nSPS) is 9.00. The van der Waals surface area contributed by atoms with Gasteiger partial charge in [-0.2, -0.15) is 0 Å². The predicted octanol–water partition coefficient (Wildman–Crippen LogP) is 0.633. The number of aliphatic hydroxyl groups excluding tert-OH is 1. The van der Waals surface area contributed by atoms with E-state index in [0.29, 0.717) is 0 Å². The second kappa shape index (κ2) is 1.30. The summed E-state index contributed by atoms with van der Waals surface area (Å²) in [6.45, 7) is 3.44. The molecule has 0 aromatic carbocycles. The summed E-state index contributed by atoms with van der Waals surface area (Å²) < 4.78 is 0. The van der Waals surface area contributed by atoms with E-state index in [0.717, 1.165) is 0 Å². The largest absolute Gasteiger partial charge is 0.394 e. The van der Waals surface area contributed by atoms with Crippen molar-refractivity contribution < 1.29 is 6.53 Å². The topological polar surface area (TPSA) is 20.2 Å². The first-order valence-electron chi connectivity index (χ1n) is 1.41. The van der Waals surface area contributed by atoms with E-state index in [1.54, 1.807) is 13.8 Å². The van der Waals surface area contributed by atoms with E-state index in [4.69, 9.17) is 5.11 Å². The van der Waals surface area contributed by atoms with Gasteiger partial charge in [0.15, 0.2) is 0 Å². The zero-order valence-corrected chi connectivity index (χ0v) is 3.02. The van der Waals surface area contributed by atoms with Gasteiger partial charge in [0.1, 0.15) is 0 Å². The van der Waals surface area contributed by atoms with Crippen LogP contribution in [0.25, 0.3) is 0 Å². The first-order valence-corrected chi connectivity index (χ1v) is 1.41. The van der Waals surface area contributed by atoms with E-state index in [1.807, 2.05) is 0 Å². The molecule has 4 heavy (non-hydrogen) atoms. The number of hydrogen-bond donors (Lipinski definition) is 1. The van der Waals surface area contributed by atoms with Gasteiger partial charge in [0.05, 0.1) is 0 Å². The fourth-order valence-electron chi connectivity index (χ4n) is 0. The standard InChI is InChI=1S/C3H8O.H2/c1-3(2)4;/h3-4H,1-2H3;1H. The summed E-state index contributed by atoms with van der Waals surface area (Å²) in [4.78, 5) is 0. The SMILES string of the molecule is CC(C)O.[HH]. The third-order valence-corrected chi connectivity index (χ3v) is 0. The van der Waals surface area contributed by atoms with Gasteiger partial charge in [-0.1, -0.05) is 0 Å². The highest BCUT2D eigenvalue weighted by atomic mass is 16.3. The minimum absolute atomic E-state index is 0. The maximum absolute atomic E-state index is 8.06. The molecule has 28 valence electrons. The van der Waals surface area contributed by atoms with Crippen LogP contribution in [0.2, 0.25) is 0 Å². The first-order chi connectivity index (χ1) is 1.73. The van der Waals surface area contributed by atoms with Crippen molar-refractivity contribution in [1.29, 1.82) is 0 Å². The zero-order valence-electron chi connectivity index (χ0n) is 3.02. The molecule has 1 heteroatoms. The van der Waals surface area contributed by atoms with Gasteiger partial charge >= 0.3 is 0 Å². The molecule has 0 amide bonds. The van der Waals surface area contributed by atoms with Crippen molar-refractivity contribution in [2.24, 2.45) is 0 Å². The van der Waals surface area contributed by atoms with Crippen molar-refractivity contribution in [3.8, 4) is 0 Å². The van der Waals surface area contributed by atoms with Crippen molar-refractivity contribution in [1.82, 2.24) is 0 Å². The molecule has 0 unspecified atom stereocenters. The fraction of sp³-hybridized carbons (Fsp3) is 1.00. The third-order valence-electron chi connectivity index (χ3n) is 0. The van der Waals surface area contributed by atoms with Gasteiger partial charge in [0.2, 0.25) is 0 Å².